The second-order valence-electron chi connectivity index (χ2n) is 9.91. The largest absolute Gasteiger partial charge is 0.414 e. The normalized spacial score (nSPS) is 28.5. The summed E-state index contributed by atoms with van der Waals surface area (Å²) in [6.45, 7) is 21.7. The Morgan fingerprint density at radius 1 is 0.867 bits per heavy atom. The minimum Gasteiger partial charge on any atom is -0.414 e. The summed E-state index contributed by atoms with van der Waals surface area (Å²) in [6, 6.07) is 0.0643. The Kier molecular flexibility index (Phi) is 11.7. The quantitative estimate of drug-likeness (QED) is 0.287. The highest BCUT2D eigenvalue weighted by molar-refractivity contribution is 6.84. The second kappa shape index (κ2) is 12.5. The first kappa shape index (κ1) is 28.3. The monoisotopic (exact) mass is 461 g/mol. The number of hydrogen-bond donors (Lipinski definition) is 1. The summed E-state index contributed by atoms with van der Waals surface area (Å²) in [4.78, 5) is 0. The van der Waals surface area contributed by atoms with Gasteiger partial charge in [-0.1, -0.05) is 88.0 Å². The van der Waals surface area contributed by atoms with Crippen molar-refractivity contribution in [3.8, 4) is 0 Å². The standard InChI is InChI=1S/C23H51NO4Si2/c1-11-19(6)29(26-10,20(7)12-2)28-30(21(8)13-3,22(9)14-4)27-17-23-15-18(5)16-24(23)25/h18-23,25H,11-17H2,1-10H3. The van der Waals surface area contributed by atoms with Gasteiger partial charge in [-0.25, -0.2) is 0 Å². The second-order valence-corrected chi connectivity index (χ2v) is 18.3. The van der Waals surface area contributed by atoms with Crippen molar-refractivity contribution in [3.63, 3.8) is 0 Å². The zero-order valence-corrected chi connectivity index (χ0v) is 23.5. The Bertz CT molecular complexity index is 476. The molecular weight excluding hydrogens is 410 g/mol. The summed E-state index contributed by atoms with van der Waals surface area (Å²) in [5.41, 5.74) is 1.55. The fourth-order valence-corrected chi connectivity index (χ4v) is 16.9. The van der Waals surface area contributed by atoms with Crippen LogP contribution in [0, 0.1) is 5.92 Å². The SMILES string of the molecule is CCC(C)[Si](OC)(O[Si](OCC1CC(C)CN1O)(C(C)CC)C(C)CC)C(C)CC. The first-order chi connectivity index (χ1) is 14.1. The number of rotatable bonds is 14. The van der Waals surface area contributed by atoms with Gasteiger partial charge in [0.1, 0.15) is 0 Å². The highest BCUT2D eigenvalue weighted by atomic mass is 28.5. The molecule has 0 saturated carbocycles. The third kappa shape index (κ3) is 5.97. The molecule has 1 fully saturated rings. The van der Waals surface area contributed by atoms with Crippen molar-refractivity contribution >= 4 is 17.1 Å². The van der Waals surface area contributed by atoms with Gasteiger partial charge in [-0.05, 0) is 34.5 Å². The average molecular weight is 462 g/mol. The van der Waals surface area contributed by atoms with Gasteiger partial charge in [0.25, 0.3) is 0 Å². The van der Waals surface area contributed by atoms with E-state index in [1.807, 2.05) is 7.11 Å². The Balaban J connectivity index is 3.38. The van der Waals surface area contributed by atoms with E-state index in [-0.39, 0.29) is 6.04 Å². The zero-order valence-electron chi connectivity index (χ0n) is 21.5. The molecule has 6 unspecified atom stereocenters. The van der Waals surface area contributed by atoms with Crippen molar-refractivity contribution in [2.24, 2.45) is 5.92 Å². The molecule has 1 rings (SSSR count). The zero-order chi connectivity index (χ0) is 23.1. The molecule has 5 nitrogen and oxygen atoms in total. The minimum atomic E-state index is -2.64. The molecule has 0 aliphatic carbocycles. The van der Waals surface area contributed by atoms with Crippen LogP contribution < -0.4 is 0 Å². The van der Waals surface area contributed by atoms with Crippen LogP contribution in [0.3, 0.4) is 0 Å². The topological polar surface area (TPSA) is 51.2 Å². The number of hydrogen-bond acceptors (Lipinski definition) is 5. The molecule has 0 radical (unpaired) electrons. The van der Waals surface area contributed by atoms with Crippen molar-refractivity contribution in [2.45, 2.75) is 123 Å². The smallest absolute Gasteiger partial charge is 0.335 e. The minimum absolute atomic E-state index is 0.0643. The molecule has 0 spiro atoms. The van der Waals surface area contributed by atoms with E-state index < -0.39 is 17.1 Å². The molecule has 0 amide bonds. The lowest BCUT2D eigenvalue weighted by atomic mass is 10.1. The Morgan fingerprint density at radius 2 is 1.30 bits per heavy atom. The van der Waals surface area contributed by atoms with E-state index in [1.165, 1.54) is 5.06 Å². The third-order valence-electron chi connectivity index (χ3n) is 7.93. The summed E-state index contributed by atoms with van der Waals surface area (Å²) < 4.78 is 20.8. The van der Waals surface area contributed by atoms with Gasteiger partial charge in [0.15, 0.2) is 0 Å². The van der Waals surface area contributed by atoms with Crippen molar-refractivity contribution in [1.82, 2.24) is 5.06 Å². The van der Waals surface area contributed by atoms with Gasteiger partial charge < -0.3 is 18.2 Å². The molecule has 0 bridgehead atoms. The van der Waals surface area contributed by atoms with Crippen molar-refractivity contribution in [3.05, 3.63) is 0 Å². The summed E-state index contributed by atoms with van der Waals surface area (Å²) in [5, 5.41) is 11.9. The molecule has 6 atom stereocenters. The molecule has 1 aliphatic heterocycles. The molecular formula is C23H51NO4Si2. The van der Waals surface area contributed by atoms with Gasteiger partial charge in [0.05, 0.1) is 12.6 Å². The van der Waals surface area contributed by atoms with E-state index in [0.29, 0.717) is 34.7 Å². The van der Waals surface area contributed by atoms with Gasteiger partial charge in [-0.3, -0.25) is 0 Å². The average Bonchev–Trinajstić information content (AvgIpc) is 3.08. The van der Waals surface area contributed by atoms with Crippen molar-refractivity contribution in [1.29, 1.82) is 0 Å². The number of nitrogens with zero attached hydrogens (tertiary/aromatic N) is 1. The summed E-state index contributed by atoms with van der Waals surface area (Å²) in [6.07, 6.45) is 5.16. The predicted molar refractivity (Wildman–Crippen MR) is 130 cm³/mol. The molecule has 0 aromatic rings. The molecule has 1 heterocycles. The third-order valence-corrected chi connectivity index (χ3v) is 18.9. The number of hydroxylamine groups is 2. The Hall–Kier alpha value is 0.234. The maximum atomic E-state index is 10.4. The lowest BCUT2D eigenvalue weighted by Gasteiger charge is -2.49. The first-order valence-corrected chi connectivity index (χ1v) is 16.4. The highest BCUT2D eigenvalue weighted by Crippen LogP contribution is 2.47. The van der Waals surface area contributed by atoms with Gasteiger partial charge in [0, 0.05) is 13.7 Å². The fraction of sp³-hybridized carbons (Fsp3) is 1.00. The van der Waals surface area contributed by atoms with Crippen molar-refractivity contribution < 1.29 is 18.2 Å². The van der Waals surface area contributed by atoms with E-state index in [2.05, 4.69) is 62.3 Å². The molecule has 30 heavy (non-hydrogen) atoms. The lowest BCUT2D eigenvalue weighted by Crippen LogP contribution is -2.62. The first-order valence-electron chi connectivity index (χ1n) is 12.4. The Morgan fingerprint density at radius 3 is 1.63 bits per heavy atom. The predicted octanol–water partition coefficient (Wildman–Crippen LogP) is 6.85. The van der Waals surface area contributed by atoms with Crippen molar-refractivity contribution in [2.75, 3.05) is 20.3 Å². The summed E-state index contributed by atoms with van der Waals surface area (Å²) >= 11 is 0. The van der Waals surface area contributed by atoms with Crippen LogP contribution in [0.25, 0.3) is 0 Å². The van der Waals surface area contributed by atoms with E-state index >= 15 is 0 Å². The Labute approximate surface area is 189 Å². The van der Waals surface area contributed by atoms with Crippen LogP contribution in [0.2, 0.25) is 22.2 Å². The maximum Gasteiger partial charge on any atom is 0.335 e. The fourth-order valence-electron chi connectivity index (χ4n) is 5.03. The molecule has 180 valence electrons. The maximum absolute atomic E-state index is 10.4. The van der Waals surface area contributed by atoms with E-state index in [9.17, 15) is 5.21 Å². The molecule has 1 saturated heterocycles. The highest BCUT2D eigenvalue weighted by Gasteiger charge is 2.58. The van der Waals surface area contributed by atoms with Crippen LogP contribution in [0.5, 0.6) is 0 Å². The molecule has 1 N–H and O–H groups in total. The molecule has 0 aromatic carbocycles. The molecule has 0 aromatic heterocycles. The van der Waals surface area contributed by atoms with E-state index in [0.717, 1.165) is 38.6 Å². The van der Waals surface area contributed by atoms with Crippen LogP contribution in [0.4, 0.5) is 0 Å². The van der Waals surface area contributed by atoms with E-state index in [1.54, 1.807) is 0 Å². The van der Waals surface area contributed by atoms with Gasteiger partial charge in [-0.15, -0.1) is 0 Å². The van der Waals surface area contributed by atoms with Gasteiger partial charge >= 0.3 is 17.1 Å². The van der Waals surface area contributed by atoms with Crippen LogP contribution in [0.1, 0.15) is 94.4 Å². The van der Waals surface area contributed by atoms with Gasteiger partial charge in [-0.2, -0.15) is 5.06 Å². The van der Waals surface area contributed by atoms with Crippen LogP contribution in [-0.2, 0) is 13.0 Å². The van der Waals surface area contributed by atoms with Crippen LogP contribution in [0.15, 0.2) is 0 Å². The van der Waals surface area contributed by atoms with Gasteiger partial charge in [0.2, 0.25) is 0 Å². The van der Waals surface area contributed by atoms with Crippen LogP contribution in [-0.4, -0.2) is 53.7 Å². The molecule has 7 heteroatoms. The van der Waals surface area contributed by atoms with E-state index in [4.69, 9.17) is 13.0 Å². The van der Waals surface area contributed by atoms with Crippen LogP contribution >= 0.6 is 0 Å². The lowest BCUT2D eigenvalue weighted by molar-refractivity contribution is -0.114. The molecule has 1 aliphatic rings. The summed E-state index contributed by atoms with van der Waals surface area (Å²) in [7, 11) is -3.29. The summed E-state index contributed by atoms with van der Waals surface area (Å²) in [5.74, 6) is 0.500.